The molecule has 128 valence electrons. The summed E-state index contributed by atoms with van der Waals surface area (Å²) in [5.74, 6) is -1.34. The smallest absolute Gasteiger partial charge is 0.351 e. The Balaban J connectivity index is 2.09. The van der Waals surface area contributed by atoms with Gasteiger partial charge in [-0.2, -0.15) is 13.2 Å². The number of anilines is 1. The average molecular weight is 433 g/mol. The van der Waals surface area contributed by atoms with Crippen LogP contribution in [0.3, 0.4) is 0 Å². The van der Waals surface area contributed by atoms with Crippen molar-refractivity contribution in [3.8, 4) is 0 Å². The summed E-state index contributed by atoms with van der Waals surface area (Å²) in [5, 5.41) is 2.27. The van der Waals surface area contributed by atoms with Crippen molar-refractivity contribution in [1.82, 2.24) is 9.97 Å². The standard InChI is InChI=1S/C15H6BrClF3N3O2/c16-10-12(13(24)7-4-21-5-22-11(7)14(10)25)23-9-2-1-6(17)3-8(9)15(18,19)20/h1-5,23H. The first-order chi connectivity index (χ1) is 11.7. The summed E-state index contributed by atoms with van der Waals surface area (Å²) in [6.07, 6.45) is -2.47. The first kappa shape index (κ1) is 17.6. The third-order valence-electron chi connectivity index (χ3n) is 3.36. The van der Waals surface area contributed by atoms with Crippen LogP contribution in [-0.2, 0) is 6.18 Å². The van der Waals surface area contributed by atoms with Crippen molar-refractivity contribution in [2.24, 2.45) is 0 Å². The van der Waals surface area contributed by atoms with E-state index in [-0.39, 0.29) is 26.5 Å². The Morgan fingerprint density at radius 1 is 1.16 bits per heavy atom. The zero-order valence-electron chi connectivity index (χ0n) is 12.0. The van der Waals surface area contributed by atoms with Crippen LogP contribution in [0.15, 0.2) is 40.9 Å². The molecule has 0 atom stereocenters. The highest BCUT2D eigenvalue weighted by Crippen LogP contribution is 2.38. The zero-order valence-corrected chi connectivity index (χ0v) is 14.3. The predicted molar refractivity (Wildman–Crippen MR) is 86.7 cm³/mol. The van der Waals surface area contributed by atoms with Crippen LogP contribution >= 0.6 is 27.5 Å². The molecule has 25 heavy (non-hydrogen) atoms. The summed E-state index contributed by atoms with van der Waals surface area (Å²) in [6, 6.07) is 3.04. The fourth-order valence-electron chi connectivity index (χ4n) is 2.23. The minimum absolute atomic E-state index is 0.0966. The van der Waals surface area contributed by atoms with Gasteiger partial charge in [0.25, 0.3) is 0 Å². The number of alkyl halides is 3. The van der Waals surface area contributed by atoms with Crippen molar-refractivity contribution in [3.05, 3.63) is 62.7 Å². The number of carbonyl (C=O) groups is 2. The fourth-order valence-corrected chi connectivity index (χ4v) is 2.87. The molecular weight excluding hydrogens is 427 g/mol. The van der Waals surface area contributed by atoms with Crippen molar-refractivity contribution in [1.29, 1.82) is 0 Å². The van der Waals surface area contributed by atoms with Gasteiger partial charge in [0.2, 0.25) is 11.6 Å². The lowest BCUT2D eigenvalue weighted by atomic mass is 9.98. The Morgan fingerprint density at radius 3 is 2.56 bits per heavy atom. The molecule has 0 saturated heterocycles. The van der Waals surface area contributed by atoms with Crippen molar-refractivity contribution in [2.45, 2.75) is 6.18 Å². The van der Waals surface area contributed by atoms with E-state index in [9.17, 15) is 22.8 Å². The second kappa shape index (κ2) is 6.23. The molecule has 1 aliphatic carbocycles. The molecule has 2 aromatic rings. The van der Waals surface area contributed by atoms with Crippen molar-refractivity contribution in [2.75, 3.05) is 5.32 Å². The number of ketones is 2. The molecule has 1 aliphatic rings. The van der Waals surface area contributed by atoms with Crippen LogP contribution in [-0.4, -0.2) is 21.5 Å². The van der Waals surface area contributed by atoms with Gasteiger partial charge in [0.05, 0.1) is 21.3 Å². The number of Topliss-reactive ketones (excluding diaryl/α,β-unsaturated/α-hetero) is 2. The maximum absolute atomic E-state index is 13.2. The molecule has 0 spiro atoms. The predicted octanol–water partition coefficient (Wildman–Crippen LogP) is 4.25. The number of aromatic nitrogens is 2. The van der Waals surface area contributed by atoms with Gasteiger partial charge in [-0.05, 0) is 34.1 Å². The minimum atomic E-state index is -4.71. The fraction of sp³-hybridized carbons (Fsp3) is 0.0667. The number of hydrogen-bond acceptors (Lipinski definition) is 5. The van der Waals surface area contributed by atoms with Crippen LogP contribution in [0.25, 0.3) is 0 Å². The topological polar surface area (TPSA) is 72.0 Å². The quantitative estimate of drug-likeness (QED) is 0.768. The molecule has 1 aromatic heterocycles. The largest absolute Gasteiger partial charge is 0.418 e. The molecule has 0 unspecified atom stereocenters. The normalized spacial score (nSPS) is 14.6. The number of fused-ring (bicyclic) bond motifs is 1. The highest BCUT2D eigenvalue weighted by Gasteiger charge is 2.37. The lowest BCUT2D eigenvalue weighted by Crippen LogP contribution is -2.26. The van der Waals surface area contributed by atoms with Crippen molar-refractivity contribution < 1.29 is 22.8 Å². The van der Waals surface area contributed by atoms with Crippen LogP contribution in [0.5, 0.6) is 0 Å². The van der Waals surface area contributed by atoms with Gasteiger partial charge in [-0.25, -0.2) is 9.97 Å². The maximum atomic E-state index is 13.2. The molecular formula is C15H6BrClF3N3O2. The van der Waals surface area contributed by atoms with Gasteiger partial charge in [0.1, 0.15) is 17.7 Å². The van der Waals surface area contributed by atoms with E-state index in [1.807, 2.05) is 0 Å². The Hall–Kier alpha value is -2.26. The Morgan fingerprint density at radius 2 is 1.88 bits per heavy atom. The first-order valence-electron chi connectivity index (χ1n) is 6.63. The molecule has 1 heterocycles. The van der Waals surface area contributed by atoms with Crippen LogP contribution in [0.2, 0.25) is 5.02 Å². The number of carbonyl (C=O) groups excluding carboxylic acids is 2. The van der Waals surface area contributed by atoms with Gasteiger partial charge in [-0.3, -0.25) is 9.59 Å². The molecule has 0 aliphatic heterocycles. The molecule has 0 fully saturated rings. The van der Waals surface area contributed by atoms with E-state index in [1.54, 1.807) is 0 Å². The van der Waals surface area contributed by atoms with Crippen LogP contribution < -0.4 is 5.32 Å². The Kier molecular flexibility index (Phi) is 4.38. The minimum Gasteiger partial charge on any atom is -0.351 e. The summed E-state index contributed by atoms with van der Waals surface area (Å²) >= 11 is 8.58. The van der Waals surface area contributed by atoms with E-state index in [1.165, 1.54) is 6.07 Å². The molecule has 1 N–H and O–H groups in total. The summed E-state index contributed by atoms with van der Waals surface area (Å²) in [6.45, 7) is 0. The van der Waals surface area contributed by atoms with E-state index in [4.69, 9.17) is 11.6 Å². The third kappa shape index (κ3) is 3.16. The van der Waals surface area contributed by atoms with E-state index in [0.717, 1.165) is 24.7 Å². The van der Waals surface area contributed by atoms with Gasteiger partial charge in [-0.15, -0.1) is 0 Å². The van der Waals surface area contributed by atoms with E-state index in [2.05, 4.69) is 31.2 Å². The van der Waals surface area contributed by atoms with Crippen LogP contribution in [0, 0.1) is 0 Å². The summed E-state index contributed by atoms with van der Waals surface area (Å²) in [4.78, 5) is 32.2. The average Bonchev–Trinajstić information content (AvgIpc) is 2.57. The van der Waals surface area contributed by atoms with Gasteiger partial charge < -0.3 is 5.32 Å². The number of halogens is 5. The van der Waals surface area contributed by atoms with Crippen LogP contribution in [0.1, 0.15) is 26.4 Å². The number of benzene rings is 1. The molecule has 0 radical (unpaired) electrons. The molecule has 1 aromatic carbocycles. The number of hydrogen-bond donors (Lipinski definition) is 1. The monoisotopic (exact) mass is 431 g/mol. The van der Waals surface area contributed by atoms with Crippen LogP contribution in [0.4, 0.5) is 18.9 Å². The first-order valence-corrected chi connectivity index (χ1v) is 7.80. The zero-order chi connectivity index (χ0) is 18.4. The van der Waals surface area contributed by atoms with Crippen molar-refractivity contribution >= 4 is 44.8 Å². The second-order valence-electron chi connectivity index (χ2n) is 4.94. The Bertz CT molecular complexity index is 944. The summed E-state index contributed by atoms with van der Waals surface area (Å²) in [7, 11) is 0. The van der Waals surface area contributed by atoms with E-state index >= 15 is 0 Å². The highest BCUT2D eigenvalue weighted by molar-refractivity contribution is 9.12. The lowest BCUT2D eigenvalue weighted by Gasteiger charge is -2.20. The van der Waals surface area contributed by atoms with E-state index in [0.29, 0.717) is 0 Å². The maximum Gasteiger partial charge on any atom is 0.418 e. The second-order valence-corrected chi connectivity index (χ2v) is 6.17. The third-order valence-corrected chi connectivity index (χ3v) is 4.36. The van der Waals surface area contributed by atoms with Gasteiger partial charge in [0, 0.05) is 11.2 Å². The summed E-state index contributed by atoms with van der Waals surface area (Å²) < 4.78 is 39.4. The highest BCUT2D eigenvalue weighted by atomic mass is 79.9. The van der Waals surface area contributed by atoms with Gasteiger partial charge >= 0.3 is 6.18 Å². The molecule has 10 heteroatoms. The summed E-state index contributed by atoms with van der Waals surface area (Å²) in [5.41, 5.74) is -2.03. The molecule has 0 amide bonds. The number of rotatable bonds is 2. The SMILES string of the molecule is O=C1C(Nc2ccc(Cl)cc2C(F)(F)F)=C(Br)C(=O)c2ncncc21. The molecule has 0 bridgehead atoms. The molecule has 0 saturated carbocycles. The number of nitrogens with one attached hydrogen (secondary N) is 1. The number of allylic oxidation sites excluding steroid dienone is 2. The molecule has 3 rings (SSSR count). The number of nitrogens with zero attached hydrogens (tertiary/aromatic N) is 2. The molecule has 5 nitrogen and oxygen atoms in total. The Labute approximate surface area is 152 Å². The van der Waals surface area contributed by atoms with Gasteiger partial charge in [0.15, 0.2) is 0 Å². The van der Waals surface area contributed by atoms with E-state index < -0.39 is 29.0 Å². The lowest BCUT2D eigenvalue weighted by molar-refractivity contribution is -0.136. The van der Waals surface area contributed by atoms with Crippen molar-refractivity contribution in [3.63, 3.8) is 0 Å². The van der Waals surface area contributed by atoms with Gasteiger partial charge in [-0.1, -0.05) is 11.6 Å².